The third kappa shape index (κ3) is 3.43. The fourth-order valence-corrected chi connectivity index (χ4v) is 3.65. The average molecular weight is 234 g/mol. The Morgan fingerprint density at radius 3 is 2.47 bits per heavy atom. The molecule has 0 atom stereocenters. The van der Waals surface area contributed by atoms with Gasteiger partial charge in [-0.2, -0.15) is 4.31 Å². The van der Waals surface area contributed by atoms with Crippen molar-refractivity contribution in [3.05, 3.63) is 0 Å². The first kappa shape index (κ1) is 12.9. The van der Waals surface area contributed by atoms with Crippen LogP contribution in [0.4, 0.5) is 0 Å². The molecule has 0 aromatic carbocycles. The van der Waals surface area contributed by atoms with Crippen LogP contribution < -0.4 is 5.32 Å². The minimum Gasteiger partial charge on any atom is -0.315 e. The fourth-order valence-electron chi connectivity index (χ4n) is 1.83. The summed E-state index contributed by atoms with van der Waals surface area (Å²) in [5.74, 6) is 0.210. The first-order valence-electron chi connectivity index (χ1n) is 5.45. The first-order chi connectivity index (χ1) is 6.75. The van der Waals surface area contributed by atoms with Crippen LogP contribution in [0, 0.1) is 5.41 Å². The number of nitrogens with zero attached hydrogens (tertiary/aromatic N) is 1. The lowest BCUT2D eigenvalue weighted by atomic mass is 9.93. The molecule has 1 rings (SSSR count). The largest absolute Gasteiger partial charge is 0.315 e. The number of hydrogen-bond donors (Lipinski definition) is 1. The van der Waals surface area contributed by atoms with Crippen molar-refractivity contribution in [2.45, 2.75) is 33.7 Å². The van der Waals surface area contributed by atoms with E-state index in [-0.39, 0.29) is 17.2 Å². The number of nitrogens with one attached hydrogen (secondary N) is 1. The second-order valence-electron chi connectivity index (χ2n) is 5.30. The van der Waals surface area contributed by atoms with E-state index in [0.29, 0.717) is 13.1 Å². The van der Waals surface area contributed by atoms with Crippen molar-refractivity contribution in [1.82, 2.24) is 9.62 Å². The fraction of sp³-hybridized carbons (Fsp3) is 1.00. The van der Waals surface area contributed by atoms with E-state index in [1.807, 2.05) is 13.8 Å². The normalized spacial score (nSPS) is 27.3. The summed E-state index contributed by atoms with van der Waals surface area (Å²) in [6.07, 6.45) is 0. The van der Waals surface area contributed by atoms with Gasteiger partial charge in [-0.1, -0.05) is 13.8 Å². The van der Waals surface area contributed by atoms with E-state index in [4.69, 9.17) is 0 Å². The van der Waals surface area contributed by atoms with Gasteiger partial charge >= 0.3 is 0 Å². The van der Waals surface area contributed by atoms with Gasteiger partial charge in [0.05, 0.1) is 5.75 Å². The van der Waals surface area contributed by atoms with E-state index >= 15 is 0 Å². The van der Waals surface area contributed by atoms with Crippen molar-refractivity contribution in [3.63, 3.8) is 0 Å². The van der Waals surface area contributed by atoms with Crippen molar-refractivity contribution < 1.29 is 8.42 Å². The Bertz CT molecular complexity index is 309. The van der Waals surface area contributed by atoms with E-state index in [1.54, 1.807) is 4.31 Å². The van der Waals surface area contributed by atoms with Gasteiger partial charge < -0.3 is 5.32 Å². The van der Waals surface area contributed by atoms with E-state index in [0.717, 1.165) is 6.54 Å². The van der Waals surface area contributed by atoms with Crippen molar-refractivity contribution in [2.24, 2.45) is 5.41 Å². The molecule has 0 saturated carbocycles. The Kier molecular flexibility index (Phi) is 3.79. The van der Waals surface area contributed by atoms with Crippen LogP contribution in [0.25, 0.3) is 0 Å². The molecule has 0 unspecified atom stereocenters. The summed E-state index contributed by atoms with van der Waals surface area (Å²) in [7, 11) is -3.08. The number of hydrogen-bond acceptors (Lipinski definition) is 3. The minimum atomic E-state index is -3.08. The van der Waals surface area contributed by atoms with Gasteiger partial charge in [-0.3, -0.25) is 0 Å². The lowest BCUT2D eigenvalue weighted by Crippen LogP contribution is -2.51. The molecule has 1 aliphatic heterocycles. The van der Waals surface area contributed by atoms with Gasteiger partial charge in [0.2, 0.25) is 10.0 Å². The molecule has 0 aromatic heterocycles. The van der Waals surface area contributed by atoms with E-state index in [9.17, 15) is 8.42 Å². The summed E-state index contributed by atoms with van der Waals surface area (Å²) in [4.78, 5) is 0. The summed E-state index contributed by atoms with van der Waals surface area (Å²) in [5, 5.41) is 3.19. The Labute approximate surface area is 93.1 Å². The van der Waals surface area contributed by atoms with E-state index in [2.05, 4.69) is 19.2 Å². The molecule has 4 nitrogen and oxygen atoms in total. The van der Waals surface area contributed by atoms with Crippen molar-refractivity contribution in [2.75, 3.05) is 25.4 Å². The van der Waals surface area contributed by atoms with Crippen molar-refractivity contribution >= 4 is 10.0 Å². The Balaban J connectivity index is 2.93. The van der Waals surface area contributed by atoms with Gasteiger partial charge in [-0.05, 0) is 19.3 Å². The Hall–Kier alpha value is -0.130. The van der Waals surface area contributed by atoms with Crippen LogP contribution in [0.5, 0.6) is 0 Å². The minimum absolute atomic E-state index is 0.00222. The van der Waals surface area contributed by atoms with Gasteiger partial charge in [0, 0.05) is 25.7 Å². The SMILES string of the molecule is CC(C)N1CC(C)(C)CNCCS1(=O)=O. The van der Waals surface area contributed by atoms with E-state index in [1.165, 1.54) is 0 Å². The summed E-state index contributed by atoms with van der Waals surface area (Å²) >= 11 is 0. The van der Waals surface area contributed by atoms with Gasteiger partial charge in [-0.15, -0.1) is 0 Å². The molecule has 0 amide bonds. The van der Waals surface area contributed by atoms with Gasteiger partial charge in [-0.25, -0.2) is 8.42 Å². The molecule has 0 spiro atoms. The maximum atomic E-state index is 12.0. The quantitative estimate of drug-likeness (QED) is 0.725. The van der Waals surface area contributed by atoms with Crippen molar-refractivity contribution in [1.29, 1.82) is 0 Å². The zero-order valence-electron chi connectivity index (χ0n) is 10.1. The predicted molar refractivity (Wildman–Crippen MR) is 62.3 cm³/mol. The smallest absolute Gasteiger partial charge is 0.215 e. The Morgan fingerprint density at radius 1 is 1.33 bits per heavy atom. The number of sulfonamides is 1. The molecule has 90 valence electrons. The van der Waals surface area contributed by atoms with Crippen molar-refractivity contribution in [3.8, 4) is 0 Å². The second-order valence-corrected chi connectivity index (χ2v) is 7.34. The summed E-state index contributed by atoms with van der Waals surface area (Å²) in [6, 6.07) is 0.0485. The van der Waals surface area contributed by atoms with Crippen LogP contribution in [0.2, 0.25) is 0 Å². The highest BCUT2D eigenvalue weighted by Crippen LogP contribution is 2.21. The zero-order valence-corrected chi connectivity index (χ0v) is 10.9. The van der Waals surface area contributed by atoms with Crippen LogP contribution in [0.3, 0.4) is 0 Å². The summed E-state index contributed by atoms with van der Waals surface area (Å²) in [6.45, 7) is 10.1. The maximum Gasteiger partial charge on any atom is 0.215 e. The molecule has 0 aliphatic carbocycles. The van der Waals surface area contributed by atoms with Crippen LogP contribution in [-0.4, -0.2) is 44.2 Å². The van der Waals surface area contributed by atoms with Gasteiger partial charge in [0.1, 0.15) is 0 Å². The molecule has 0 aromatic rings. The van der Waals surface area contributed by atoms with Crippen LogP contribution in [-0.2, 0) is 10.0 Å². The summed E-state index contributed by atoms with van der Waals surface area (Å²) < 4.78 is 25.6. The molecule has 1 saturated heterocycles. The monoisotopic (exact) mass is 234 g/mol. The molecule has 1 fully saturated rings. The maximum absolute atomic E-state index is 12.0. The molecule has 1 N–H and O–H groups in total. The molecule has 0 radical (unpaired) electrons. The lowest BCUT2D eigenvalue weighted by Gasteiger charge is -2.36. The highest BCUT2D eigenvalue weighted by molar-refractivity contribution is 7.89. The highest BCUT2D eigenvalue weighted by atomic mass is 32.2. The first-order valence-corrected chi connectivity index (χ1v) is 7.06. The lowest BCUT2D eigenvalue weighted by molar-refractivity contribution is 0.220. The van der Waals surface area contributed by atoms with Crippen LogP contribution in [0.15, 0.2) is 0 Å². The number of rotatable bonds is 1. The third-order valence-corrected chi connectivity index (χ3v) is 4.64. The van der Waals surface area contributed by atoms with Gasteiger partial charge in [0.15, 0.2) is 0 Å². The molecule has 5 heteroatoms. The third-order valence-electron chi connectivity index (χ3n) is 2.66. The molecular formula is C10H22N2O2S. The molecule has 1 heterocycles. The predicted octanol–water partition coefficient (Wildman–Crippen LogP) is 0.656. The molecule has 15 heavy (non-hydrogen) atoms. The van der Waals surface area contributed by atoms with Crippen LogP contribution >= 0.6 is 0 Å². The Morgan fingerprint density at radius 2 is 1.93 bits per heavy atom. The standard InChI is InChI=1S/C10H22N2O2S/c1-9(2)12-8-10(3,4)7-11-5-6-15(12,13)14/h9,11H,5-8H2,1-4H3. The average Bonchev–Trinajstić information content (AvgIpc) is 2.07. The zero-order chi connectivity index (χ0) is 11.7. The molecule has 0 bridgehead atoms. The topological polar surface area (TPSA) is 49.4 Å². The van der Waals surface area contributed by atoms with E-state index < -0.39 is 10.0 Å². The molecular weight excluding hydrogens is 212 g/mol. The summed E-state index contributed by atoms with van der Waals surface area (Å²) in [5.41, 5.74) is -0.00222. The van der Waals surface area contributed by atoms with Gasteiger partial charge in [0.25, 0.3) is 0 Å². The van der Waals surface area contributed by atoms with Crippen LogP contribution in [0.1, 0.15) is 27.7 Å². The molecule has 1 aliphatic rings. The second kappa shape index (κ2) is 4.39. The highest BCUT2D eigenvalue weighted by Gasteiger charge is 2.32.